The van der Waals surface area contributed by atoms with Crippen LogP contribution in [0.4, 0.5) is 5.69 Å². The summed E-state index contributed by atoms with van der Waals surface area (Å²) in [6, 6.07) is 9.18. The lowest BCUT2D eigenvalue weighted by Crippen LogP contribution is -2.25. The van der Waals surface area contributed by atoms with E-state index >= 15 is 0 Å². The number of benzene rings is 1. The number of nitrogens with zero attached hydrogens (tertiary/aromatic N) is 1. The highest BCUT2D eigenvalue weighted by Gasteiger charge is 2.06. The summed E-state index contributed by atoms with van der Waals surface area (Å²) in [6.07, 6.45) is 0. The molecule has 0 aromatic heterocycles. The molecule has 0 N–H and O–H groups in total. The number of para-hydroxylation sites is 1. The molecule has 0 aliphatic rings. The molecule has 0 atom stereocenters. The standard InChI is InChI=1S/C9H8NOS/c1-8(11)10(7-12)9-5-3-2-4-6-9/h2-6H,1H3. The van der Waals surface area contributed by atoms with Gasteiger partial charge in [0.05, 0.1) is 0 Å². The van der Waals surface area contributed by atoms with Gasteiger partial charge in [0, 0.05) is 12.6 Å². The number of rotatable bonds is 2. The Morgan fingerprint density at radius 3 is 2.42 bits per heavy atom. The Morgan fingerprint density at radius 1 is 1.42 bits per heavy atom. The summed E-state index contributed by atoms with van der Waals surface area (Å²) in [6.45, 7) is 1.45. The van der Waals surface area contributed by atoms with E-state index in [1.807, 2.05) is 18.2 Å². The number of anilines is 1. The molecule has 0 saturated heterocycles. The molecular weight excluding hydrogens is 170 g/mol. The Labute approximate surface area is 76.8 Å². The van der Waals surface area contributed by atoms with Crippen LogP contribution in [0.25, 0.3) is 0 Å². The zero-order chi connectivity index (χ0) is 8.97. The van der Waals surface area contributed by atoms with Crippen LogP contribution in [0, 0.1) is 0 Å². The van der Waals surface area contributed by atoms with Gasteiger partial charge in [0.1, 0.15) is 5.49 Å². The second-order valence-corrected chi connectivity index (χ2v) is 2.46. The Kier molecular flexibility index (Phi) is 2.94. The van der Waals surface area contributed by atoms with Crippen molar-refractivity contribution in [3.05, 3.63) is 30.3 Å². The van der Waals surface area contributed by atoms with E-state index in [0.29, 0.717) is 0 Å². The number of carbonyl (C=O) groups excluding carboxylic acids is 1. The molecule has 12 heavy (non-hydrogen) atoms. The van der Waals surface area contributed by atoms with Crippen molar-refractivity contribution >= 4 is 29.3 Å². The highest BCUT2D eigenvalue weighted by molar-refractivity contribution is 7.79. The highest BCUT2D eigenvalue weighted by atomic mass is 32.1. The van der Waals surface area contributed by atoms with Gasteiger partial charge in [-0.1, -0.05) is 30.4 Å². The van der Waals surface area contributed by atoms with Crippen LogP contribution in [0.1, 0.15) is 6.92 Å². The molecule has 0 heterocycles. The number of carbonyl (C=O) groups is 1. The van der Waals surface area contributed by atoms with Gasteiger partial charge in [0.25, 0.3) is 0 Å². The zero-order valence-corrected chi connectivity index (χ0v) is 7.47. The minimum Gasteiger partial charge on any atom is -0.274 e. The number of hydrogen-bond donors (Lipinski definition) is 0. The Bertz CT molecular complexity index is 284. The van der Waals surface area contributed by atoms with Gasteiger partial charge in [0.15, 0.2) is 0 Å². The van der Waals surface area contributed by atoms with Gasteiger partial charge in [0.2, 0.25) is 5.91 Å². The van der Waals surface area contributed by atoms with Crippen molar-refractivity contribution in [1.29, 1.82) is 0 Å². The summed E-state index contributed by atoms with van der Waals surface area (Å²) in [5.41, 5.74) is 3.13. The molecule has 3 heteroatoms. The molecule has 0 spiro atoms. The first kappa shape index (κ1) is 8.87. The van der Waals surface area contributed by atoms with Crippen molar-refractivity contribution < 1.29 is 4.79 Å². The second-order valence-electron chi connectivity index (χ2n) is 2.28. The predicted octanol–water partition coefficient (Wildman–Crippen LogP) is 1.87. The van der Waals surface area contributed by atoms with Gasteiger partial charge < -0.3 is 0 Å². The summed E-state index contributed by atoms with van der Waals surface area (Å²) in [5.74, 6) is -0.129. The summed E-state index contributed by atoms with van der Waals surface area (Å²) < 4.78 is 0. The van der Waals surface area contributed by atoms with E-state index in [1.165, 1.54) is 11.8 Å². The third-order valence-corrected chi connectivity index (χ3v) is 1.60. The predicted molar refractivity (Wildman–Crippen MR) is 52.2 cm³/mol. The minimum atomic E-state index is -0.129. The molecular formula is C9H8NOS. The molecule has 0 aliphatic heterocycles. The van der Waals surface area contributed by atoms with E-state index in [2.05, 4.69) is 17.7 Å². The summed E-state index contributed by atoms with van der Waals surface area (Å²) in [4.78, 5) is 12.3. The fraction of sp³-hybridized carbons (Fsp3) is 0.111. The minimum absolute atomic E-state index is 0.129. The van der Waals surface area contributed by atoms with Gasteiger partial charge in [-0.2, -0.15) is 0 Å². The van der Waals surface area contributed by atoms with Crippen LogP contribution in [0.2, 0.25) is 0 Å². The summed E-state index contributed by atoms with van der Waals surface area (Å²) >= 11 is 4.59. The molecule has 0 aliphatic carbocycles. The Hall–Kier alpha value is -1.22. The maximum absolute atomic E-state index is 11.0. The van der Waals surface area contributed by atoms with E-state index in [4.69, 9.17) is 0 Å². The summed E-state index contributed by atoms with van der Waals surface area (Å²) in [5, 5.41) is 0. The van der Waals surface area contributed by atoms with E-state index in [-0.39, 0.29) is 5.91 Å². The molecule has 0 bridgehead atoms. The Balaban J connectivity index is 2.95. The van der Waals surface area contributed by atoms with Crippen molar-refractivity contribution in [2.75, 3.05) is 4.90 Å². The average Bonchev–Trinajstić information content (AvgIpc) is 2.07. The zero-order valence-electron chi connectivity index (χ0n) is 6.65. The molecule has 2 nitrogen and oxygen atoms in total. The van der Waals surface area contributed by atoms with E-state index in [0.717, 1.165) is 5.69 Å². The lowest BCUT2D eigenvalue weighted by Gasteiger charge is -2.12. The molecule has 1 radical (unpaired) electrons. The van der Waals surface area contributed by atoms with Gasteiger partial charge in [-0.25, -0.2) is 0 Å². The molecule has 1 rings (SSSR count). The van der Waals surface area contributed by atoms with Crippen LogP contribution in [-0.4, -0.2) is 11.4 Å². The summed E-state index contributed by atoms with van der Waals surface area (Å²) in [7, 11) is 0. The van der Waals surface area contributed by atoms with Crippen LogP contribution in [0.15, 0.2) is 30.3 Å². The van der Waals surface area contributed by atoms with Crippen LogP contribution < -0.4 is 4.90 Å². The third kappa shape index (κ3) is 1.89. The maximum atomic E-state index is 11.0. The van der Waals surface area contributed by atoms with Crippen molar-refractivity contribution in [3.63, 3.8) is 0 Å². The van der Waals surface area contributed by atoms with Crippen molar-refractivity contribution in [1.82, 2.24) is 0 Å². The lowest BCUT2D eigenvalue weighted by atomic mass is 10.3. The maximum Gasteiger partial charge on any atom is 0.229 e. The fourth-order valence-corrected chi connectivity index (χ4v) is 1.11. The smallest absolute Gasteiger partial charge is 0.229 e. The first-order valence-electron chi connectivity index (χ1n) is 3.49. The van der Waals surface area contributed by atoms with Gasteiger partial charge in [-0.3, -0.25) is 9.69 Å². The van der Waals surface area contributed by atoms with E-state index < -0.39 is 0 Å². The Morgan fingerprint density at radius 2 is 2.00 bits per heavy atom. The third-order valence-electron chi connectivity index (χ3n) is 1.42. The highest BCUT2D eigenvalue weighted by Crippen LogP contribution is 2.11. The number of thiocarbonyl (C=S) groups is 1. The van der Waals surface area contributed by atoms with Crippen LogP contribution in [0.5, 0.6) is 0 Å². The van der Waals surface area contributed by atoms with Gasteiger partial charge in [-0.05, 0) is 12.1 Å². The van der Waals surface area contributed by atoms with Crippen LogP contribution in [-0.2, 0) is 4.79 Å². The second kappa shape index (κ2) is 3.97. The molecule has 1 amide bonds. The van der Waals surface area contributed by atoms with Gasteiger partial charge >= 0.3 is 0 Å². The van der Waals surface area contributed by atoms with Crippen molar-refractivity contribution in [3.8, 4) is 0 Å². The van der Waals surface area contributed by atoms with Gasteiger partial charge in [-0.15, -0.1) is 0 Å². The lowest BCUT2D eigenvalue weighted by molar-refractivity contribution is -0.115. The molecule has 0 fully saturated rings. The molecule has 0 unspecified atom stereocenters. The molecule has 1 aromatic rings. The topological polar surface area (TPSA) is 20.3 Å². The van der Waals surface area contributed by atoms with Crippen LogP contribution >= 0.6 is 12.2 Å². The van der Waals surface area contributed by atoms with Crippen molar-refractivity contribution in [2.24, 2.45) is 0 Å². The molecule has 1 aromatic carbocycles. The van der Waals surface area contributed by atoms with E-state index in [1.54, 1.807) is 12.1 Å². The quantitative estimate of drug-likeness (QED) is 0.509. The SMILES string of the molecule is CC(=O)N([C]=S)c1ccccc1. The molecule has 0 saturated carbocycles. The van der Waals surface area contributed by atoms with Crippen molar-refractivity contribution in [2.45, 2.75) is 6.92 Å². The number of hydrogen-bond acceptors (Lipinski definition) is 2. The normalized spacial score (nSPS) is 9.08. The average molecular weight is 178 g/mol. The number of amides is 1. The van der Waals surface area contributed by atoms with Crippen LogP contribution in [0.3, 0.4) is 0 Å². The largest absolute Gasteiger partial charge is 0.274 e. The fourth-order valence-electron chi connectivity index (χ4n) is 0.876. The first-order chi connectivity index (χ1) is 5.75. The monoisotopic (exact) mass is 178 g/mol. The molecule has 61 valence electrons. The first-order valence-corrected chi connectivity index (χ1v) is 3.90. The van der Waals surface area contributed by atoms with E-state index in [9.17, 15) is 4.79 Å².